The average molecular weight is 272 g/mol. The molecule has 0 bridgehead atoms. The van der Waals surface area contributed by atoms with Crippen molar-refractivity contribution in [1.29, 1.82) is 0 Å². The van der Waals surface area contributed by atoms with Gasteiger partial charge in [0.25, 0.3) is 0 Å². The Balaban J connectivity index is 1.86. The van der Waals surface area contributed by atoms with E-state index in [-0.39, 0.29) is 0 Å². The van der Waals surface area contributed by atoms with E-state index in [1.807, 2.05) is 12.1 Å². The molecule has 0 aliphatic carbocycles. The summed E-state index contributed by atoms with van der Waals surface area (Å²) in [5.74, 6) is 0. The van der Waals surface area contributed by atoms with E-state index < -0.39 is 0 Å². The Morgan fingerprint density at radius 1 is 0.762 bits per heavy atom. The van der Waals surface area contributed by atoms with E-state index in [1.165, 1.54) is 27.5 Å². The van der Waals surface area contributed by atoms with E-state index in [2.05, 4.69) is 61.5 Å². The van der Waals surface area contributed by atoms with Gasteiger partial charge in [0, 0.05) is 17.2 Å². The molecule has 0 aliphatic rings. The zero-order valence-corrected chi connectivity index (χ0v) is 12.0. The summed E-state index contributed by atoms with van der Waals surface area (Å²) in [5, 5.41) is 2.40. The minimum Gasteiger partial charge on any atom is -0.456 e. The summed E-state index contributed by atoms with van der Waals surface area (Å²) in [6, 6.07) is 23.4. The minimum atomic E-state index is 0.900. The lowest BCUT2D eigenvalue weighted by Crippen LogP contribution is -1.88. The predicted molar refractivity (Wildman–Crippen MR) is 87.7 cm³/mol. The van der Waals surface area contributed by atoms with E-state index in [0.717, 1.165) is 17.6 Å². The molecule has 0 N–H and O–H groups in total. The first kappa shape index (κ1) is 12.2. The van der Waals surface area contributed by atoms with Crippen LogP contribution in [0, 0.1) is 6.92 Å². The van der Waals surface area contributed by atoms with Crippen LogP contribution in [-0.2, 0) is 6.42 Å². The lowest BCUT2D eigenvalue weighted by molar-refractivity contribution is 0.664. The Hall–Kier alpha value is -2.54. The second kappa shape index (κ2) is 4.78. The molecular weight excluding hydrogens is 256 g/mol. The number of para-hydroxylation sites is 2. The molecule has 1 aromatic heterocycles. The molecule has 3 aromatic carbocycles. The molecule has 0 aliphatic heterocycles. The van der Waals surface area contributed by atoms with Gasteiger partial charge in [0.15, 0.2) is 0 Å². The van der Waals surface area contributed by atoms with Crippen LogP contribution in [0.3, 0.4) is 0 Å². The first-order valence-electron chi connectivity index (χ1n) is 7.26. The van der Waals surface area contributed by atoms with Gasteiger partial charge in [-0.25, -0.2) is 0 Å². The molecular formula is C20H16O. The summed E-state index contributed by atoms with van der Waals surface area (Å²) in [6.45, 7) is 2.11. The van der Waals surface area contributed by atoms with Crippen LogP contribution in [0.1, 0.15) is 16.7 Å². The minimum absolute atomic E-state index is 0.900. The highest BCUT2D eigenvalue weighted by Gasteiger charge is 2.10. The van der Waals surface area contributed by atoms with Crippen LogP contribution < -0.4 is 0 Å². The number of hydrogen-bond acceptors (Lipinski definition) is 1. The molecule has 0 saturated heterocycles. The molecule has 1 nitrogen and oxygen atoms in total. The molecule has 4 rings (SSSR count). The summed E-state index contributed by atoms with van der Waals surface area (Å²) in [4.78, 5) is 0. The van der Waals surface area contributed by atoms with Crippen LogP contribution >= 0.6 is 0 Å². The van der Waals surface area contributed by atoms with Crippen molar-refractivity contribution >= 4 is 21.9 Å². The molecule has 0 spiro atoms. The van der Waals surface area contributed by atoms with E-state index >= 15 is 0 Å². The molecule has 0 radical (unpaired) electrons. The van der Waals surface area contributed by atoms with Gasteiger partial charge in [-0.3, -0.25) is 0 Å². The van der Waals surface area contributed by atoms with Crippen molar-refractivity contribution in [3.8, 4) is 0 Å². The third kappa shape index (κ3) is 2.11. The van der Waals surface area contributed by atoms with Crippen LogP contribution in [0.2, 0.25) is 0 Å². The fourth-order valence-corrected chi connectivity index (χ4v) is 2.87. The number of rotatable bonds is 2. The summed E-state index contributed by atoms with van der Waals surface area (Å²) < 4.78 is 6.08. The third-order valence-electron chi connectivity index (χ3n) is 4.00. The Morgan fingerprint density at radius 2 is 1.52 bits per heavy atom. The monoisotopic (exact) mass is 272 g/mol. The van der Waals surface area contributed by atoms with Gasteiger partial charge < -0.3 is 4.42 Å². The zero-order chi connectivity index (χ0) is 14.2. The number of benzene rings is 3. The summed E-state index contributed by atoms with van der Waals surface area (Å²) >= 11 is 0. The third-order valence-corrected chi connectivity index (χ3v) is 4.00. The fourth-order valence-electron chi connectivity index (χ4n) is 2.87. The molecule has 0 saturated carbocycles. The predicted octanol–water partition coefficient (Wildman–Crippen LogP) is 5.49. The Morgan fingerprint density at radius 3 is 2.38 bits per heavy atom. The average Bonchev–Trinajstić information content (AvgIpc) is 2.89. The normalized spacial score (nSPS) is 11.3. The highest BCUT2D eigenvalue weighted by Crippen LogP contribution is 2.31. The number of aryl methyl sites for hydroxylation is 1. The van der Waals surface area contributed by atoms with E-state index in [1.54, 1.807) is 0 Å². The van der Waals surface area contributed by atoms with Crippen molar-refractivity contribution in [2.75, 3.05) is 0 Å². The largest absolute Gasteiger partial charge is 0.456 e. The molecule has 0 amide bonds. The van der Waals surface area contributed by atoms with Crippen molar-refractivity contribution in [3.63, 3.8) is 0 Å². The van der Waals surface area contributed by atoms with Crippen LogP contribution in [0.4, 0.5) is 0 Å². The molecule has 0 unspecified atom stereocenters. The Kier molecular flexibility index (Phi) is 2.78. The number of furan rings is 1. The van der Waals surface area contributed by atoms with Crippen LogP contribution in [0.5, 0.6) is 0 Å². The van der Waals surface area contributed by atoms with Gasteiger partial charge in [-0.1, -0.05) is 66.2 Å². The van der Waals surface area contributed by atoms with E-state index in [0.29, 0.717) is 0 Å². The quantitative estimate of drug-likeness (QED) is 0.470. The van der Waals surface area contributed by atoms with Gasteiger partial charge in [0.2, 0.25) is 0 Å². The maximum Gasteiger partial charge on any atom is 0.138 e. The van der Waals surface area contributed by atoms with Crippen LogP contribution in [0.15, 0.2) is 71.1 Å². The topological polar surface area (TPSA) is 13.1 Å². The van der Waals surface area contributed by atoms with Crippen LogP contribution in [0.25, 0.3) is 21.9 Å². The van der Waals surface area contributed by atoms with E-state index in [9.17, 15) is 0 Å². The van der Waals surface area contributed by atoms with Crippen LogP contribution in [-0.4, -0.2) is 0 Å². The molecule has 0 atom stereocenters. The van der Waals surface area contributed by atoms with Gasteiger partial charge in [-0.05, 0) is 24.1 Å². The zero-order valence-electron chi connectivity index (χ0n) is 12.0. The maximum absolute atomic E-state index is 6.08. The smallest absolute Gasteiger partial charge is 0.138 e. The molecule has 0 fully saturated rings. The number of fused-ring (bicyclic) bond motifs is 3. The van der Waals surface area contributed by atoms with E-state index in [4.69, 9.17) is 4.42 Å². The molecule has 4 aromatic rings. The lowest BCUT2D eigenvalue weighted by atomic mass is 10.0. The lowest BCUT2D eigenvalue weighted by Gasteiger charge is -2.03. The highest BCUT2D eigenvalue weighted by atomic mass is 16.3. The summed E-state index contributed by atoms with van der Waals surface area (Å²) in [5.41, 5.74) is 5.82. The van der Waals surface area contributed by atoms with Crippen molar-refractivity contribution in [1.82, 2.24) is 0 Å². The number of hydrogen-bond donors (Lipinski definition) is 0. The second-order valence-corrected chi connectivity index (χ2v) is 5.55. The Bertz CT molecular complexity index is 914. The first-order chi connectivity index (χ1) is 10.3. The molecule has 21 heavy (non-hydrogen) atoms. The van der Waals surface area contributed by atoms with Crippen molar-refractivity contribution in [3.05, 3.63) is 83.4 Å². The summed E-state index contributed by atoms with van der Waals surface area (Å²) in [7, 11) is 0. The van der Waals surface area contributed by atoms with Gasteiger partial charge >= 0.3 is 0 Å². The maximum atomic E-state index is 6.08. The first-order valence-corrected chi connectivity index (χ1v) is 7.26. The SMILES string of the molecule is Cc1ccc(Cc2cccc3c2oc2ccccc23)cc1. The Labute approximate surface area is 123 Å². The molecule has 1 heterocycles. The van der Waals surface area contributed by atoms with Gasteiger partial charge in [-0.2, -0.15) is 0 Å². The van der Waals surface area contributed by atoms with Crippen molar-refractivity contribution in [2.24, 2.45) is 0 Å². The fraction of sp³-hybridized carbons (Fsp3) is 0.100. The standard InChI is InChI=1S/C20H16O/c1-14-9-11-15(12-10-14)13-16-5-4-7-18-17-6-2-3-8-19(17)21-20(16)18/h2-12H,13H2,1H3. The summed E-state index contributed by atoms with van der Waals surface area (Å²) in [6.07, 6.45) is 0.900. The highest BCUT2D eigenvalue weighted by molar-refractivity contribution is 6.05. The van der Waals surface area contributed by atoms with Gasteiger partial charge in [-0.15, -0.1) is 0 Å². The van der Waals surface area contributed by atoms with Crippen molar-refractivity contribution in [2.45, 2.75) is 13.3 Å². The van der Waals surface area contributed by atoms with Crippen molar-refractivity contribution < 1.29 is 4.42 Å². The van der Waals surface area contributed by atoms with Gasteiger partial charge in [0.1, 0.15) is 11.2 Å². The molecule has 102 valence electrons. The molecule has 1 heteroatoms. The van der Waals surface area contributed by atoms with Gasteiger partial charge in [0.05, 0.1) is 0 Å². The second-order valence-electron chi connectivity index (χ2n) is 5.55.